The number of nitrogens with one attached hydrogen (secondary N) is 1. The monoisotopic (exact) mass is 288 g/mol. The van der Waals surface area contributed by atoms with E-state index >= 15 is 0 Å². The maximum absolute atomic E-state index is 11.9. The smallest absolute Gasteiger partial charge is 0.328 e. The minimum Gasteiger partial charge on any atom is -0.481 e. The van der Waals surface area contributed by atoms with Gasteiger partial charge in [0, 0.05) is 6.54 Å². The normalized spacial score (nSPS) is 19.2. The van der Waals surface area contributed by atoms with Crippen LogP contribution in [-0.2, 0) is 19.1 Å². The van der Waals surface area contributed by atoms with Gasteiger partial charge in [-0.15, -0.1) is 0 Å². The van der Waals surface area contributed by atoms with Crippen LogP contribution in [0.15, 0.2) is 0 Å². The molecule has 0 saturated carbocycles. The Morgan fingerprint density at radius 1 is 1.35 bits per heavy atom. The zero-order valence-corrected chi connectivity index (χ0v) is 10.9. The Kier molecular flexibility index (Phi) is 5.30. The first-order valence-corrected chi connectivity index (χ1v) is 5.96. The Morgan fingerprint density at radius 3 is 2.50 bits per heavy atom. The number of rotatable bonds is 5. The molecule has 1 aliphatic heterocycles. The summed E-state index contributed by atoms with van der Waals surface area (Å²) in [4.78, 5) is 46.0. The van der Waals surface area contributed by atoms with Crippen LogP contribution in [0.1, 0.15) is 19.3 Å². The van der Waals surface area contributed by atoms with Gasteiger partial charge in [0.2, 0.25) is 0 Å². The molecule has 2 amide bonds. The van der Waals surface area contributed by atoms with E-state index in [-0.39, 0.29) is 6.54 Å². The standard InChI is InChI=1S/C11H16N2O7/c1-20-10(18)7-3-2-4-13(7)11(19)12-6(9(16)17)5-8(14)15/h6-7H,2-5H2,1H3,(H,12,19)(H,14,15)(H,16,17)/t6-,7?/m0/s1. The molecule has 1 rings (SSSR count). The Balaban J connectivity index is 2.70. The molecule has 0 spiro atoms. The number of ether oxygens (including phenoxy) is 1. The lowest BCUT2D eigenvalue weighted by atomic mass is 10.2. The van der Waals surface area contributed by atoms with Crippen LogP contribution in [0.5, 0.6) is 0 Å². The second-order valence-corrected chi connectivity index (χ2v) is 4.31. The van der Waals surface area contributed by atoms with Gasteiger partial charge in [0.05, 0.1) is 13.5 Å². The van der Waals surface area contributed by atoms with Gasteiger partial charge in [-0.1, -0.05) is 0 Å². The minimum atomic E-state index is -1.54. The number of nitrogens with zero attached hydrogens (tertiary/aromatic N) is 1. The molecule has 20 heavy (non-hydrogen) atoms. The molecule has 1 unspecified atom stereocenters. The fourth-order valence-electron chi connectivity index (χ4n) is 2.00. The largest absolute Gasteiger partial charge is 0.481 e. The Morgan fingerprint density at radius 2 is 2.00 bits per heavy atom. The Bertz CT molecular complexity index is 423. The summed E-state index contributed by atoms with van der Waals surface area (Å²) < 4.78 is 4.56. The molecule has 9 nitrogen and oxygen atoms in total. The fraction of sp³-hybridized carbons (Fsp3) is 0.636. The number of carbonyl (C=O) groups is 4. The number of amides is 2. The lowest BCUT2D eigenvalue weighted by Gasteiger charge is -2.24. The summed E-state index contributed by atoms with van der Waals surface area (Å²) in [6, 6.07) is -3.09. The molecule has 3 N–H and O–H groups in total. The van der Waals surface area contributed by atoms with Crippen molar-refractivity contribution >= 4 is 23.9 Å². The summed E-state index contributed by atoms with van der Waals surface area (Å²) >= 11 is 0. The second-order valence-electron chi connectivity index (χ2n) is 4.31. The lowest BCUT2D eigenvalue weighted by Crippen LogP contribution is -2.51. The van der Waals surface area contributed by atoms with Gasteiger partial charge in [-0.25, -0.2) is 14.4 Å². The first kappa shape index (κ1) is 15.7. The predicted octanol–water partition coefficient (Wildman–Crippen LogP) is -0.739. The van der Waals surface area contributed by atoms with Crippen LogP contribution in [0, 0.1) is 0 Å². The van der Waals surface area contributed by atoms with Gasteiger partial charge in [0.25, 0.3) is 0 Å². The van der Waals surface area contributed by atoms with Crippen LogP contribution in [-0.4, -0.2) is 64.8 Å². The van der Waals surface area contributed by atoms with Crippen molar-refractivity contribution in [1.82, 2.24) is 10.2 Å². The van der Waals surface area contributed by atoms with Crippen molar-refractivity contribution in [2.75, 3.05) is 13.7 Å². The SMILES string of the molecule is COC(=O)C1CCCN1C(=O)N[C@@H](CC(=O)O)C(=O)O. The predicted molar refractivity (Wildman–Crippen MR) is 64.0 cm³/mol. The van der Waals surface area contributed by atoms with Gasteiger partial charge in [-0.2, -0.15) is 0 Å². The van der Waals surface area contributed by atoms with Crippen molar-refractivity contribution in [1.29, 1.82) is 0 Å². The zero-order chi connectivity index (χ0) is 15.3. The highest BCUT2D eigenvalue weighted by molar-refractivity contribution is 5.88. The maximum Gasteiger partial charge on any atom is 0.328 e. The Hall–Kier alpha value is -2.32. The molecular formula is C11H16N2O7. The van der Waals surface area contributed by atoms with Gasteiger partial charge in [0.1, 0.15) is 12.1 Å². The molecule has 0 aromatic heterocycles. The number of aliphatic carboxylic acids is 2. The van der Waals surface area contributed by atoms with E-state index < -0.39 is 42.4 Å². The molecule has 2 atom stereocenters. The summed E-state index contributed by atoms with van der Waals surface area (Å²) in [6.07, 6.45) is 0.276. The number of esters is 1. The van der Waals surface area contributed by atoms with E-state index in [0.29, 0.717) is 12.8 Å². The first-order chi connectivity index (χ1) is 9.36. The van der Waals surface area contributed by atoms with Gasteiger partial charge < -0.3 is 25.2 Å². The number of likely N-dealkylation sites (tertiary alicyclic amines) is 1. The third kappa shape index (κ3) is 3.84. The zero-order valence-electron chi connectivity index (χ0n) is 10.9. The van der Waals surface area contributed by atoms with Gasteiger partial charge in [-0.05, 0) is 12.8 Å². The summed E-state index contributed by atoms with van der Waals surface area (Å²) in [7, 11) is 1.20. The van der Waals surface area contributed by atoms with Crippen LogP contribution < -0.4 is 5.32 Å². The van der Waals surface area contributed by atoms with Gasteiger partial charge in [-0.3, -0.25) is 4.79 Å². The molecule has 9 heteroatoms. The topological polar surface area (TPSA) is 133 Å². The first-order valence-electron chi connectivity index (χ1n) is 5.96. The van der Waals surface area contributed by atoms with Crippen molar-refractivity contribution in [3.8, 4) is 0 Å². The number of hydrogen-bond acceptors (Lipinski definition) is 5. The van der Waals surface area contributed by atoms with Gasteiger partial charge in [0.15, 0.2) is 0 Å². The summed E-state index contributed by atoms with van der Waals surface area (Å²) in [5, 5.41) is 19.5. The van der Waals surface area contributed by atoms with Crippen LogP contribution in [0.4, 0.5) is 4.79 Å². The molecule has 1 heterocycles. The number of carboxylic acids is 2. The minimum absolute atomic E-state index is 0.283. The lowest BCUT2D eigenvalue weighted by molar-refractivity contribution is -0.146. The third-order valence-corrected chi connectivity index (χ3v) is 2.96. The Labute approximate surface area is 114 Å². The molecule has 1 aliphatic rings. The van der Waals surface area contributed by atoms with Crippen molar-refractivity contribution in [3.63, 3.8) is 0 Å². The number of carbonyl (C=O) groups excluding carboxylic acids is 2. The maximum atomic E-state index is 11.9. The second kappa shape index (κ2) is 6.73. The average molecular weight is 288 g/mol. The number of hydrogen-bond donors (Lipinski definition) is 3. The quantitative estimate of drug-likeness (QED) is 0.567. The molecule has 1 saturated heterocycles. The van der Waals surface area contributed by atoms with Crippen molar-refractivity contribution in [3.05, 3.63) is 0 Å². The average Bonchev–Trinajstić information content (AvgIpc) is 2.85. The van der Waals surface area contributed by atoms with E-state index in [1.54, 1.807) is 0 Å². The van der Waals surface area contributed by atoms with Crippen LogP contribution in [0.2, 0.25) is 0 Å². The number of urea groups is 1. The van der Waals surface area contributed by atoms with E-state index in [0.717, 1.165) is 4.90 Å². The van der Waals surface area contributed by atoms with Crippen molar-refractivity contribution in [2.45, 2.75) is 31.3 Å². The van der Waals surface area contributed by atoms with Crippen molar-refractivity contribution < 1.29 is 34.1 Å². The van der Waals surface area contributed by atoms with E-state index in [9.17, 15) is 19.2 Å². The number of methoxy groups -OCH3 is 1. The molecule has 0 aromatic rings. The molecule has 112 valence electrons. The van der Waals surface area contributed by atoms with E-state index in [1.807, 2.05) is 0 Å². The highest BCUT2D eigenvalue weighted by Gasteiger charge is 2.36. The summed E-state index contributed by atoms with van der Waals surface area (Å²) in [5.41, 5.74) is 0. The van der Waals surface area contributed by atoms with E-state index in [1.165, 1.54) is 7.11 Å². The molecule has 0 radical (unpaired) electrons. The van der Waals surface area contributed by atoms with E-state index in [4.69, 9.17) is 10.2 Å². The molecule has 1 fully saturated rings. The highest BCUT2D eigenvalue weighted by Crippen LogP contribution is 2.18. The molecular weight excluding hydrogens is 272 g/mol. The number of carboxylic acid groups (broad SMARTS) is 2. The fourth-order valence-corrected chi connectivity index (χ4v) is 2.00. The molecule has 0 bridgehead atoms. The highest BCUT2D eigenvalue weighted by atomic mass is 16.5. The van der Waals surface area contributed by atoms with Crippen molar-refractivity contribution in [2.24, 2.45) is 0 Å². The summed E-state index contributed by atoms with van der Waals surface area (Å²) in [5.74, 6) is -3.37. The van der Waals surface area contributed by atoms with E-state index in [2.05, 4.69) is 10.1 Å². The van der Waals surface area contributed by atoms with Crippen LogP contribution in [0.3, 0.4) is 0 Å². The summed E-state index contributed by atoms with van der Waals surface area (Å²) in [6.45, 7) is 0.283. The van der Waals surface area contributed by atoms with Crippen LogP contribution in [0.25, 0.3) is 0 Å². The third-order valence-electron chi connectivity index (χ3n) is 2.96. The van der Waals surface area contributed by atoms with Gasteiger partial charge >= 0.3 is 23.9 Å². The molecule has 0 aromatic carbocycles. The van der Waals surface area contributed by atoms with Crippen LogP contribution >= 0.6 is 0 Å². The molecule has 0 aliphatic carbocycles.